The van der Waals surface area contributed by atoms with Gasteiger partial charge in [-0.15, -0.1) is 0 Å². The van der Waals surface area contributed by atoms with Crippen LogP contribution in [0.25, 0.3) is 17.2 Å². The molecule has 5 heteroatoms. The van der Waals surface area contributed by atoms with E-state index in [0.717, 1.165) is 45.3 Å². The molecule has 1 fully saturated rings. The Bertz CT molecular complexity index is 1180. The number of allylic oxidation sites excluding steroid dienone is 1. The van der Waals surface area contributed by atoms with E-state index < -0.39 is 0 Å². The zero-order chi connectivity index (χ0) is 26.0. The van der Waals surface area contributed by atoms with Crippen LogP contribution in [0.4, 0.5) is 0 Å². The van der Waals surface area contributed by atoms with Gasteiger partial charge in [-0.1, -0.05) is 91.7 Å². The van der Waals surface area contributed by atoms with E-state index in [0.29, 0.717) is 22.9 Å². The first kappa shape index (κ1) is 27.0. The summed E-state index contributed by atoms with van der Waals surface area (Å²) in [5.74, 6) is 0.542. The van der Waals surface area contributed by atoms with Gasteiger partial charge in [-0.3, -0.25) is 4.79 Å². The third-order valence-corrected chi connectivity index (χ3v) is 7.35. The van der Waals surface area contributed by atoms with E-state index in [9.17, 15) is 4.79 Å². The van der Waals surface area contributed by atoms with E-state index >= 15 is 0 Å². The fraction of sp³-hybridized carbons (Fsp3) is 0.344. The largest absolute Gasteiger partial charge is 0.489 e. The number of nitrogens with one attached hydrogen (secondary N) is 1. The standard InChI is InChI=1S/C32H37ClN2O2/c1-3-35(4-2)21-20-34-32(36)28-16-19-31(30(33)23-28)37-29-17-12-25(13-18-29)22-24-10-14-27(15-11-24)26-8-6-5-7-9-26/h5-11,14-16,19,22-23,29H,3-4,12-13,17-18,20-21H2,1-2H3,(H,34,36). The maximum Gasteiger partial charge on any atom is 0.251 e. The molecule has 1 aliphatic carbocycles. The van der Waals surface area contributed by atoms with Gasteiger partial charge in [0.25, 0.3) is 5.91 Å². The lowest BCUT2D eigenvalue weighted by Gasteiger charge is -2.25. The molecule has 0 saturated heterocycles. The zero-order valence-electron chi connectivity index (χ0n) is 21.9. The SMILES string of the molecule is CCN(CC)CCNC(=O)c1ccc(OC2CCC(=Cc3ccc(-c4ccccc4)cc3)CC2)c(Cl)c1. The predicted molar refractivity (Wildman–Crippen MR) is 154 cm³/mol. The first-order valence-electron chi connectivity index (χ1n) is 13.4. The Balaban J connectivity index is 1.26. The topological polar surface area (TPSA) is 41.6 Å². The number of benzene rings is 3. The van der Waals surface area contributed by atoms with Crippen LogP contribution < -0.4 is 10.1 Å². The molecule has 1 amide bonds. The van der Waals surface area contributed by atoms with E-state index in [1.807, 2.05) is 12.1 Å². The van der Waals surface area contributed by atoms with Gasteiger partial charge in [0.05, 0.1) is 11.1 Å². The van der Waals surface area contributed by atoms with Crippen molar-refractivity contribution in [2.75, 3.05) is 26.2 Å². The lowest BCUT2D eigenvalue weighted by molar-refractivity contribution is 0.0949. The Hall–Kier alpha value is -3.08. The molecule has 0 aromatic heterocycles. The van der Waals surface area contributed by atoms with Crippen molar-refractivity contribution in [2.45, 2.75) is 45.6 Å². The van der Waals surface area contributed by atoms with Crippen LogP contribution in [0, 0.1) is 0 Å². The Morgan fingerprint density at radius 2 is 1.65 bits per heavy atom. The second-order valence-corrected chi connectivity index (χ2v) is 9.94. The quantitative estimate of drug-likeness (QED) is 0.303. The minimum absolute atomic E-state index is 0.107. The number of amides is 1. The predicted octanol–water partition coefficient (Wildman–Crippen LogP) is 7.48. The van der Waals surface area contributed by atoms with Gasteiger partial charge >= 0.3 is 0 Å². The zero-order valence-corrected chi connectivity index (χ0v) is 22.6. The summed E-state index contributed by atoms with van der Waals surface area (Å²) >= 11 is 6.49. The smallest absolute Gasteiger partial charge is 0.251 e. The normalized spacial score (nSPS) is 15.5. The van der Waals surface area contributed by atoms with E-state index in [1.54, 1.807) is 12.1 Å². The van der Waals surface area contributed by atoms with Crippen LogP contribution >= 0.6 is 11.6 Å². The second-order valence-electron chi connectivity index (χ2n) is 9.54. The van der Waals surface area contributed by atoms with Gasteiger partial charge in [-0.25, -0.2) is 0 Å². The molecule has 0 spiro atoms. The minimum Gasteiger partial charge on any atom is -0.489 e. The van der Waals surface area contributed by atoms with E-state index in [4.69, 9.17) is 16.3 Å². The van der Waals surface area contributed by atoms with Crippen molar-refractivity contribution < 1.29 is 9.53 Å². The molecule has 0 aliphatic heterocycles. The maximum absolute atomic E-state index is 12.5. The summed E-state index contributed by atoms with van der Waals surface area (Å²) in [6.07, 6.45) is 6.37. The van der Waals surface area contributed by atoms with Crippen LogP contribution in [0.15, 0.2) is 78.4 Å². The Kier molecular flexibility index (Phi) is 9.81. The highest BCUT2D eigenvalue weighted by molar-refractivity contribution is 6.32. The van der Waals surface area contributed by atoms with Crippen LogP contribution in [0.2, 0.25) is 5.02 Å². The van der Waals surface area contributed by atoms with Gasteiger partial charge in [0.1, 0.15) is 5.75 Å². The van der Waals surface area contributed by atoms with Gasteiger partial charge in [-0.2, -0.15) is 0 Å². The first-order valence-corrected chi connectivity index (χ1v) is 13.7. The fourth-order valence-corrected chi connectivity index (χ4v) is 4.97. The second kappa shape index (κ2) is 13.5. The van der Waals surface area contributed by atoms with E-state index in [1.165, 1.54) is 22.3 Å². The third kappa shape index (κ3) is 7.70. The highest BCUT2D eigenvalue weighted by atomic mass is 35.5. The molecule has 0 bridgehead atoms. The molecule has 3 aromatic carbocycles. The molecule has 37 heavy (non-hydrogen) atoms. The molecule has 4 rings (SSSR count). The molecular formula is C32H37ClN2O2. The molecule has 0 unspecified atom stereocenters. The number of hydrogen-bond donors (Lipinski definition) is 1. The summed E-state index contributed by atoms with van der Waals surface area (Å²) in [6, 6.07) is 24.5. The lowest BCUT2D eigenvalue weighted by atomic mass is 9.91. The molecule has 1 N–H and O–H groups in total. The Morgan fingerprint density at radius 3 is 2.30 bits per heavy atom. The van der Waals surface area contributed by atoms with Crippen molar-refractivity contribution >= 4 is 23.6 Å². The highest BCUT2D eigenvalue weighted by Crippen LogP contribution is 2.32. The summed E-state index contributed by atoms with van der Waals surface area (Å²) in [6.45, 7) is 7.65. The van der Waals surface area contributed by atoms with Gasteiger partial charge in [0.15, 0.2) is 0 Å². The molecule has 1 saturated carbocycles. The number of halogens is 1. The number of nitrogens with zero attached hydrogens (tertiary/aromatic N) is 1. The molecule has 0 atom stereocenters. The fourth-order valence-electron chi connectivity index (χ4n) is 4.75. The average Bonchev–Trinajstić information content (AvgIpc) is 2.94. The molecule has 0 heterocycles. The van der Waals surface area contributed by atoms with Crippen molar-refractivity contribution in [1.29, 1.82) is 0 Å². The van der Waals surface area contributed by atoms with Gasteiger partial charge < -0.3 is 15.0 Å². The summed E-state index contributed by atoms with van der Waals surface area (Å²) in [5, 5.41) is 3.46. The van der Waals surface area contributed by atoms with Crippen LogP contribution in [-0.4, -0.2) is 43.1 Å². The Morgan fingerprint density at radius 1 is 0.973 bits per heavy atom. The molecule has 0 radical (unpaired) electrons. The molecular weight excluding hydrogens is 480 g/mol. The summed E-state index contributed by atoms with van der Waals surface area (Å²) in [7, 11) is 0. The van der Waals surface area contributed by atoms with Crippen molar-refractivity contribution in [3.8, 4) is 16.9 Å². The van der Waals surface area contributed by atoms with Gasteiger partial charge in [0.2, 0.25) is 0 Å². The number of rotatable bonds is 10. The molecule has 1 aliphatic rings. The summed E-state index contributed by atoms with van der Waals surface area (Å²) in [5.41, 5.74) is 5.73. The van der Waals surface area contributed by atoms with Crippen LogP contribution in [0.5, 0.6) is 5.75 Å². The molecule has 3 aromatic rings. The number of hydrogen-bond acceptors (Lipinski definition) is 3. The van der Waals surface area contributed by atoms with Crippen molar-refractivity contribution in [3.05, 3.63) is 94.5 Å². The molecule has 194 valence electrons. The maximum atomic E-state index is 12.5. The number of carbonyl (C=O) groups is 1. The van der Waals surface area contributed by atoms with Crippen molar-refractivity contribution in [1.82, 2.24) is 10.2 Å². The monoisotopic (exact) mass is 516 g/mol. The van der Waals surface area contributed by atoms with Crippen molar-refractivity contribution in [2.24, 2.45) is 0 Å². The number of carbonyl (C=O) groups excluding carboxylic acids is 1. The van der Waals surface area contributed by atoms with Gasteiger partial charge in [-0.05, 0) is 73.7 Å². The van der Waals surface area contributed by atoms with Gasteiger partial charge in [0, 0.05) is 18.7 Å². The van der Waals surface area contributed by atoms with E-state index in [-0.39, 0.29) is 12.0 Å². The lowest BCUT2D eigenvalue weighted by Crippen LogP contribution is -2.34. The first-order chi connectivity index (χ1) is 18.1. The highest BCUT2D eigenvalue weighted by Gasteiger charge is 2.20. The Labute approximate surface area is 226 Å². The van der Waals surface area contributed by atoms with Crippen molar-refractivity contribution in [3.63, 3.8) is 0 Å². The average molecular weight is 517 g/mol. The van der Waals surface area contributed by atoms with Crippen LogP contribution in [-0.2, 0) is 0 Å². The minimum atomic E-state index is -0.107. The van der Waals surface area contributed by atoms with Crippen LogP contribution in [0.1, 0.15) is 55.5 Å². The number of likely N-dealkylation sites (N-methyl/N-ethyl adjacent to an activating group) is 1. The summed E-state index contributed by atoms with van der Waals surface area (Å²) < 4.78 is 6.23. The molecule has 4 nitrogen and oxygen atoms in total. The van der Waals surface area contributed by atoms with Crippen LogP contribution in [0.3, 0.4) is 0 Å². The third-order valence-electron chi connectivity index (χ3n) is 7.06. The van der Waals surface area contributed by atoms with E-state index in [2.05, 4.69) is 78.7 Å². The number of ether oxygens (including phenoxy) is 1. The summed E-state index contributed by atoms with van der Waals surface area (Å²) in [4.78, 5) is 14.8.